The molecular weight excluding hydrogens is 296 g/mol. The molecule has 0 saturated carbocycles. The molecule has 5 heteroatoms. The van der Waals surface area contributed by atoms with Gasteiger partial charge in [-0.05, 0) is 18.1 Å². The molecule has 1 heterocycles. The minimum atomic E-state index is -0.142. The summed E-state index contributed by atoms with van der Waals surface area (Å²) in [6.07, 6.45) is 1.88. The second kappa shape index (κ2) is 6.64. The Morgan fingerprint density at radius 2 is 1.95 bits per heavy atom. The quantitative estimate of drug-likeness (QED) is 0.603. The van der Waals surface area contributed by atoms with Crippen molar-refractivity contribution in [2.24, 2.45) is 10.2 Å². The van der Waals surface area contributed by atoms with E-state index in [4.69, 9.17) is 11.6 Å². The molecule has 1 saturated heterocycles. The van der Waals surface area contributed by atoms with Gasteiger partial charge in [0.15, 0.2) is 5.17 Å². The van der Waals surface area contributed by atoms with Crippen LogP contribution in [0.4, 0.5) is 0 Å². The molecule has 19 heavy (non-hydrogen) atoms. The SMILES string of the molecule is C=C(C)/C(Cl)=N\N=C\C1(c2ccccc2)SCCS1. The van der Waals surface area contributed by atoms with Gasteiger partial charge >= 0.3 is 0 Å². The summed E-state index contributed by atoms with van der Waals surface area (Å²) < 4.78 is -0.142. The molecule has 0 unspecified atom stereocenters. The Bertz CT molecular complexity index is 505. The van der Waals surface area contributed by atoms with E-state index in [1.165, 1.54) is 5.56 Å². The zero-order valence-corrected chi connectivity index (χ0v) is 13.1. The molecule has 1 fully saturated rings. The summed E-state index contributed by atoms with van der Waals surface area (Å²) in [5, 5.41) is 8.49. The standard InChI is InChI=1S/C14H15ClN2S2/c1-11(2)13(15)17-16-10-14(18-8-9-19-14)12-6-4-3-5-7-12/h3-7,10H,1,8-9H2,2H3/b16-10+,17-13+. The van der Waals surface area contributed by atoms with Gasteiger partial charge in [-0.1, -0.05) is 48.5 Å². The summed E-state index contributed by atoms with van der Waals surface area (Å²) in [5.74, 6) is 2.23. The number of hydrogen-bond acceptors (Lipinski definition) is 4. The Morgan fingerprint density at radius 3 is 2.53 bits per heavy atom. The van der Waals surface area contributed by atoms with Crippen molar-refractivity contribution in [3.8, 4) is 0 Å². The fourth-order valence-corrected chi connectivity index (χ4v) is 4.65. The van der Waals surface area contributed by atoms with Crippen LogP contribution in [0.15, 0.2) is 52.7 Å². The molecule has 1 aliphatic rings. The van der Waals surface area contributed by atoms with Crippen LogP contribution in [0, 0.1) is 0 Å². The van der Waals surface area contributed by atoms with E-state index in [9.17, 15) is 0 Å². The van der Waals surface area contributed by atoms with Gasteiger partial charge in [-0.25, -0.2) is 0 Å². The van der Waals surface area contributed by atoms with E-state index < -0.39 is 0 Å². The van der Waals surface area contributed by atoms with E-state index in [1.807, 2.05) is 42.7 Å². The number of allylic oxidation sites excluding steroid dienone is 1. The smallest absolute Gasteiger partial charge is 0.153 e. The molecular formula is C14H15ClN2S2. The third kappa shape index (κ3) is 3.65. The summed E-state index contributed by atoms with van der Waals surface area (Å²) >= 11 is 9.68. The topological polar surface area (TPSA) is 24.7 Å². The number of nitrogens with zero attached hydrogens (tertiary/aromatic N) is 2. The molecule has 0 amide bonds. The molecule has 2 rings (SSSR count). The highest BCUT2D eigenvalue weighted by Crippen LogP contribution is 2.50. The van der Waals surface area contributed by atoms with E-state index in [0.717, 1.165) is 17.1 Å². The molecule has 1 aromatic carbocycles. The largest absolute Gasteiger partial charge is 0.159 e. The van der Waals surface area contributed by atoms with Crippen LogP contribution in [0.2, 0.25) is 0 Å². The van der Waals surface area contributed by atoms with Gasteiger partial charge in [-0.15, -0.1) is 28.6 Å². The van der Waals surface area contributed by atoms with Gasteiger partial charge in [0.25, 0.3) is 0 Å². The van der Waals surface area contributed by atoms with Crippen LogP contribution in [0.3, 0.4) is 0 Å². The predicted octanol–water partition coefficient (Wildman–Crippen LogP) is 4.52. The first-order chi connectivity index (χ1) is 9.14. The second-order valence-corrected chi connectivity index (χ2v) is 7.44. The van der Waals surface area contributed by atoms with Crippen molar-refractivity contribution in [1.29, 1.82) is 0 Å². The monoisotopic (exact) mass is 310 g/mol. The Labute approximate surface area is 127 Å². The van der Waals surface area contributed by atoms with Crippen LogP contribution in [-0.4, -0.2) is 22.9 Å². The lowest BCUT2D eigenvalue weighted by Crippen LogP contribution is -2.16. The maximum Gasteiger partial charge on any atom is 0.153 e. The van der Waals surface area contributed by atoms with Gasteiger partial charge in [-0.2, -0.15) is 5.10 Å². The predicted molar refractivity (Wildman–Crippen MR) is 89.6 cm³/mol. The van der Waals surface area contributed by atoms with E-state index in [1.54, 1.807) is 0 Å². The molecule has 1 aliphatic heterocycles. The number of halogens is 1. The highest BCUT2D eigenvalue weighted by atomic mass is 35.5. The lowest BCUT2D eigenvalue weighted by Gasteiger charge is -2.22. The number of hydrogen-bond donors (Lipinski definition) is 0. The van der Waals surface area contributed by atoms with Crippen molar-refractivity contribution in [2.45, 2.75) is 11.0 Å². The molecule has 0 radical (unpaired) electrons. The van der Waals surface area contributed by atoms with Gasteiger partial charge < -0.3 is 0 Å². The Hall–Kier alpha value is -0.710. The third-order valence-electron chi connectivity index (χ3n) is 2.62. The summed E-state index contributed by atoms with van der Waals surface area (Å²) in [5.41, 5.74) is 1.97. The van der Waals surface area contributed by atoms with Gasteiger partial charge in [0.05, 0.1) is 6.21 Å². The van der Waals surface area contributed by atoms with Crippen LogP contribution in [0.5, 0.6) is 0 Å². The van der Waals surface area contributed by atoms with Crippen molar-refractivity contribution < 1.29 is 0 Å². The highest BCUT2D eigenvalue weighted by Gasteiger charge is 2.35. The molecule has 0 aromatic heterocycles. The molecule has 2 nitrogen and oxygen atoms in total. The van der Waals surface area contributed by atoms with E-state index >= 15 is 0 Å². The number of thioether (sulfide) groups is 2. The first-order valence-electron chi connectivity index (χ1n) is 5.91. The zero-order valence-electron chi connectivity index (χ0n) is 10.7. The van der Waals surface area contributed by atoms with Crippen molar-refractivity contribution in [2.75, 3.05) is 11.5 Å². The molecule has 1 aromatic rings. The fraction of sp³-hybridized carbons (Fsp3) is 0.286. The molecule has 0 N–H and O–H groups in total. The van der Waals surface area contributed by atoms with Crippen LogP contribution < -0.4 is 0 Å². The first kappa shape index (κ1) is 14.7. The van der Waals surface area contributed by atoms with Crippen LogP contribution >= 0.6 is 35.1 Å². The molecule has 0 bridgehead atoms. The minimum Gasteiger partial charge on any atom is -0.159 e. The van der Waals surface area contributed by atoms with Gasteiger partial charge in [0.2, 0.25) is 0 Å². The average Bonchev–Trinajstić information content (AvgIpc) is 2.89. The molecule has 0 aliphatic carbocycles. The van der Waals surface area contributed by atoms with E-state index in [0.29, 0.717) is 5.17 Å². The minimum absolute atomic E-state index is 0.142. The second-order valence-electron chi connectivity index (χ2n) is 4.15. The van der Waals surface area contributed by atoms with Crippen molar-refractivity contribution in [3.63, 3.8) is 0 Å². The Morgan fingerprint density at radius 1 is 1.32 bits per heavy atom. The third-order valence-corrected chi connectivity index (χ3v) is 6.34. The maximum absolute atomic E-state index is 5.92. The van der Waals surface area contributed by atoms with E-state index in [2.05, 4.69) is 41.0 Å². The Kier molecular flexibility index (Phi) is 5.13. The van der Waals surface area contributed by atoms with Crippen LogP contribution in [0.1, 0.15) is 12.5 Å². The van der Waals surface area contributed by atoms with Crippen molar-refractivity contribution in [1.82, 2.24) is 0 Å². The summed E-state index contributed by atoms with van der Waals surface area (Å²) in [6.45, 7) is 5.55. The number of rotatable bonds is 4. The van der Waals surface area contributed by atoms with Gasteiger partial charge in [-0.3, -0.25) is 0 Å². The van der Waals surface area contributed by atoms with Crippen LogP contribution in [0.25, 0.3) is 0 Å². The fourth-order valence-electron chi connectivity index (χ4n) is 1.66. The first-order valence-corrected chi connectivity index (χ1v) is 8.26. The Balaban J connectivity index is 2.24. The summed E-state index contributed by atoms with van der Waals surface area (Å²) in [7, 11) is 0. The number of benzene rings is 1. The lowest BCUT2D eigenvalue weighted by atomic mass is 10.1. The normalized spacial score (nSPS) is 18.9. The zero-order chi connectivity index (χ0) is 13.7. The van der Waals surface area contributed by atoms with Crippen LogP contribution in [-0.2, 0) is 4.08 Å². The van der Waals surface area contributed by atoms with Crippen molar-refractivity contribution >= 4 is 46.5 Å². The van der Waals surface area contributed by atoms with E-state index in [-0.39, 0.29) is 4.08 Å². The summed E-state index contributed by atoms with van der Waals surface area (Å²) in [6, 6.07) is 10.4. The summed E-state index contributed by atoms with van der Waals surface area (Å²) in [4.78, 5) is 0. The molecule has 0 atom stereocenters. The molecule has 100 valence electrons. The maximum atomic E-state index is 5.92. The van der Waals surface area contributed by atoms with Gasteiger partial charge in [0, 0.05) is 11.5 Å². The molecule has 0 spiro atoms. The highest BCUT2D eigenvalue weighted by molar-refractivity contribution is 8.21. The van der Waals surface area contributed by atoms with Gasteiger partial charge in [0.1, 0.15) is 4.08 Å². The van der Waals surface area contributed by atoms with Crippen molar-refractivity contribution in [3.05, 3.63) is 48.0 Å². The average molecular weight is 311 g/mol. The lowest BCUT2D eigenvalue weighted by molar-refractivity contribution is 1.18.